The van der Waals surface area contributed by atoms with Gasteiger partial charge in [0.2, 0.25) is 0 Å². The maximum absolute atomic E-state index is 13.2. The first kappa shape index (κ1) is 18.3. The number of hydrogen-bond donors (Lipinski definition) is 1. The minimum Gasteiger partial charge on any atom is -0.316 e. The Kier molecular flexibility index (Phi) is 8.11. The number of halogens is 4. The fourth-order valence-electron chi connectivity index (χ4n) is 2.10. The predicted molar refractivity (Wildman–Crippen MR) is 79.9 cm³/mol. The van der Waals surface area contributed by atoms with Gasteiger partial charge in [-0.15, -0.1) is 0 Å². The summed E-state index contributed by atoms with van der Waals surface area (Å²) in [5.74, 6) is -0.192. The van der Waals surface area contributed by atoms with Crippen LogP contribution in [0.2, 0.25) is 0 Å². The van der Waals surface area contributed by atoms with Crippen LogP contribution < -0.4 is 5.32 Å². The van der Waals surface area contributed by atoms with E-state index in [1.165, 1.54) is 12.1 Å². The van der Waals surface area contributed by atoms with Gasteiger partial charge in [-0.2, -0.15) is 13.2 Å². The van der Waals surface area contributed by atoms with Crippen LogP contribution in [0.1, 0.15) is 25.3 Å². The third kappa shape index (κ3) is 8.98. The molecule has 0 bridgehead atoms. The van der Waals surface area contributed by atoms with Gasteiger partial charge in [-0.05, 0) is 56.0 Å². The molecule has 0 aliphatic rings. The van der Waals surface area contributed by atoms with E-state index in [9.17, 15) is 17.6 Å². The fraction of sp³-hybridized carbons (Fsp3) is 0.600. The van der Waals surface area contributed by atoms with Gasteiger partial charge in [0, 0.05) is 5.75 Å². The van der Waals surface area contributed by atoms with Crippen molar-refractivity contribution in [1.29, 1.82) is 0 Å². The molecule has 0 fully saturated rings. The van der Waals surface area contributed by atoms with Crippen LogP contribution in [0.4, 0.5) is 17.6 Å². The van der Waals surface area contributed by atoms with Gasteiger partial charge in [0.25, 0.3) is 0 Å². The largest absolute Gasteiger partial charge is 0.441 e. The molecule has 0 saturated carbocycles. The molecule has 1 rings (SSSR count). The summed E-state index contributed by atoms with van der Waals surface area (Å²) < 4.78 is 49.7. The van der Waals surface area contributed by atoms with Crippen molar-refractivity contribution in [3.8, 4) is 0 Å². The molecule has 1 N–H and O–H groups in total. The second-order valence-electron chi connectivity index (χ2n) is 4.99. The minimum atomic E-state index is -4.18. The Balaban J connectivity index is 2.50. The zero-order chi connectivity index (χ0) is 15.7. The number of benzene rings is 1. The van der Waals surface area contributed by atoms with Crippen molar-refractivity contribution in [3.63, 3.8) is 0 Å². The molecule has 0 aromatic heterocycles. The highest BCUT2D eigenvalue weighted by Crippen LogP contribution is 2.31. The molecule has 1 aromatic carbocycles. The Hall–Kier alpha value is -0.750. The van der Waals surface area contributed by atoms with E-state index in [0.717, 1.165) is 18.5 Å². The lowest BCUT2D eigenvalue weighted by molar-refractivity contribution is -0.0328. The maximum Gasteiger partial charge on any atom is 0.441 e. The molecule has 0 spiro atoms. The van der Waals surface area contributed by atoms with Gasteiger partial charge in [-0.1, -0.05) is 30.8 Å². The molecule has 21 heavy (non-hydrogen) atoms. The Morgan fingerprint density at radius 2 is 2.05 bits per heavy atom. The molecule has 0 saturated heterocycles. The van der Waals surface area contributed by atoms with Gasteiger partial charge in [0.1, 0.15) is 5.82 Å². The van der Waals surface area contributed by atoms with Crippen molar-refractivity contribution in [2.24, 2.45) is 5.92 Å². The summed E-state index contributed by atoms with van der Waals surface area (Å²) in [5, 5.41) is 3.23. The van der Waals surface area contributed by atoms with E-state index in [-0.39, 0.29) is 29.2 Å². The summed E-state index contributed by atoms with van der Waals surface area (Å²) in [6.45, 7) is 3.53. The van der Waals surface area contributed by atoms with Gasteiger partial charge >= 0.3 is 5.51 Å². The minimum absolute atomic E-state index is 0.0130. The van der Waals surface area contributed by atoms with E-state index in [0.29, 0.717) is 19.4 Å². The van der Waals surface area contributed by atoms with Crippen LogP contribution in [0, 0.1) is 11.7 Å². The van der Waals surface area contributed by atoms with Crippen molar-refractivity contribution in [2.45, 2.75) is 31.7 Å². The highest BCUT2D eigenvalue weighted by molar-refractivity contribution is 8.00. The second-order valence-corrected chi connectivity index (χ2v) is 6.15. The topological polar surface area (TPSA) is 12.0 Å². The molecule has 1 nitrogen and oxygen atoms in total. The summed E-state index contributed by atoms with van der Waals surface area (Å²) >= 11 is 0.0130. The first-order chi connectivity index (χ1) is 9.90. The monoisotopic (exact) mass is 323 g/mol. The van der Waals surface area contributed by atoms with Crippen LogP contribution >= 0.6 is 11.8 Å². The lowest BCUT2D eigenvalue weighted by atomic mass is 9.96. The van der Waals surface area contributed by atoms with Gasteiger partial charge in [0.15, 0.2) is 0 Å². The normalized spacial score (nSPS) is 13.4. The molecule has 1 unspecified atom stereocenters. The van der Waals surface area contributed by atoms with Crippen LogP contribution in [-0.4, -0.2) is 24.4 Å². The van der Waals surface area contributed by atoms with E-state index in [1.807, 2.05) is 13.0 Å². The Morgan fingerprint density at radius 1 is 1.29 bits per heavy atom. The molecular formula is C15H21F4NS. The van der Waals surface area contributed by atoms with Gasteiger partial charge < -0.3 is 5.32 Å². The van der Waals surface area contributed by atoms with E-state index in [2.05, 4.69) is 5.32 Å². The zero-order valence-electron chi connectivity index (χ0n) is 12.0. The number of rotatable bonds is 9. The van der Waals surface area contributed by atoms with Crippen LogP contribution in [0.3, 0.4) is 0 Å². The molecule has 0 heterocycles. The summed E-state index contributed by atoms with van der Waals surface area (Å²) in [5.41, 5.74) is -3.35. The Labute approximate surface area is 127 Å². The maximum atomic E-state index is 13.2. The highest BCUT2D eigenvalue weighted by Gasteiger charge is 2.28. The SMILES string of the molecule is CCCNCC(CCSC(F)(F)F)Cc1cccc(F)c1. The van der Waals surface area contributed by atoms with Crippen molar-refractivity contribution < 1.29 is 17.6 Å². The number of alkyl halides is 3. The third-order valence-electron chi connectivity index (χ3n) is 3.07. The summed E-state index contributed by atoms with van der Waals surface area (Å²) in [7, 11) is 0. The van der Waals surface area contributed by atoms with Crippen molar-refractivity contribution in [2.75, 3.05) is 18.8 Å². The number of thioether (sulfide) groups is 1. The lowest BCUT2D eigenvalue weighted by Gasteiger charge is -2.18. The first-order valence-electron chi connectivity index (χ1n) is 7.06. The molecule has 1 aromatic rings. The zero-order valence-corrected chi connectivity index (χ0v) is 12.9. The van der Waals surface area contributed by atoms with Crippen molar-refractivity contribution in [1.82, 2.24) is 5.32 Å². The van der Waals surface area contributed by atoms with E-state index in [4.69, 9.17) is 0 Å². The fourth-order valence-corrected chi connectivity index (χ4v) is 2.78. The van der Waals surface area contributed by atoms with Crippen LogP contribution in [-0.2, 0) is 6.42 Å². The summed E-state index contributed by atoms with van der Waals surface area (Å²) in [4.78, 5) is 0. The first-order valence-corrected chi connectivity index (χ1v) is 8.05. The third-order valence-corrected chi connectivity index (χ3v) is 3.83. The standard InChI is InChI=1S/C15H21F4NS/c1-2-7-20-11-13(6-8-21-15(17,18)19)9-12-4-3-5-14(16)10-12/h3-5,10,13,20H,2,6-9,11H2,1H3. The molecule has 120 valence electrons. The Morgan fingerprint density at radius 3 is 2.67 bits per heavy atom. The van der Waals surface area contributed by atoms with E-state index >= 15 is 0 Å². The molecule has 1 atom stereocenters. The summed E-state index contributed by atoms with van der Waals surface area (Å²) in [6.07, 6.45) is 2.02. The predicted octanol–water partition coefficient (Wildman–Crippen LogP) is 4.63. The molecule has 0 amide bonds. The molecular weight excluding hydrogens is 302 g/mol. The van der Waals surface area contributed by atoms with Gasteiger partial charge in [-0.3, -0.25) is 0 Å². The van der Waals surface area contributed by atoms with Gasteiger partial charge in [-0.25, -0.2) is 4.39 Å². The van der Waals surface area contributed by atoms with Crippen molar-refractivity contribution >= 4 is 11.8 Å². The number of hydrogen-bond acceptors (Lipinski definition) is 2. The Bertz CT molecular complexity index is 409. The molecule has 0 radical (unpaired) electrons. The average Bonchev–Trinajstić information content (AvgIpc) is 2.37. The average molecular weight is 323 g/mol. The number of nitrogens with one attached hydrogen (secondary N) is 1. The quantitative estimate of drug-likeness (QED) is 0.525. The second kappa shape index (κ2) is 9.30. The van der Waals surface area contributed by atoms with Crippen LogP contribution in [0.25, 0.3) is 0 Å². The summed E-state index contributed by atoms with van der Waals surface area (Å²) in [6, 6.07) is 6.26. The van der Waals surface area contributed by atoms with Crippen LogP contribution in [0.15, 0.2) is 24.3 Å². The van der Waals surface area contributed by atoms with E-state index in [1.54, 1.807) is 6.07 Å². The molecule has 0 aliphatic carbocycles. The molecule has 6 heteroatoms. The van der Waals surface area contributed by atoms with E-state index < -0.39 is 5.51 Å². The van der Waals surface area contributed by atoms with Crippen molar-refractivity contribution in [3.05, 3.63) is 35.6 Å². The lowest BCUT2D eigenvalue weighted by Crippen LogP contribution is -2.25. The smallest absolute Gasteiger partial charge is 0.316 e. The molecule has 0 aliphatic heterocycles. The van der Waals surface area contributed by atoms with Gasteiger partial charge in [0.05, 0.1) is 0 Å². The highest BCUT2D eigenvalue weighted by atomic mass is 32.2. The van der Waals surface area contributed by atoms with Crippen LogP contribution in [0.5, 0.6) is 0 Å².